The number of aromatic nitrogens is 5. The van der Waals surface area contributed by atoms with Gasteiger partial charge in [0.25, 0.3) is 0 Å². The first-order valence-electron chi connectivity index (χ1n) is 7.04. The maximum atomic E-state index is 4.66. The first-order valence-corrected chi connectivity index (χ1v) is 7.86. The molecule has 0 aliphatic heterocycles. The monoisotopic (exact) mass is 310 g/mol. The summed E-state index contributed by atoms with van der Waals surface area (Å²) >= 11 is 1.47. The number of anilines is 2. The molecule has 7 heteroatoms. The Morgan fingerprint density at radius 3 is 2.86 bits per heavy atom. The fraction of sp³-hybridized carbons (Fsp3) is 0.200. The van der Waals surface area contributed by atoms with E-state index in [0.29, 0.717) is 5.65 Å². The van der Waals surface area contributed by atoms with Crippen molar-refractivity contribution in [3.8, 4) is 0 Å². The van der Waals surface area contributed by atoms with Crippen molar-refractivity contribution in [2.24, 2.45) is 7.05 Å². The molecule has 0 aliphatic carbocycles. The zero-order valence-corrected chi connectivity index (χ0v) is 13.1. The van der Waals surface area contributed by atoms with Crippen molar-refractivity contribution in [1.29, 1.82) is 0 Å². The smallest absolute Gasteiger partial charge is 0.209 e. The van der Waals surface area contributed by atoms with E-state index in [0.717, 1.165) is 33.4 Å². The number of imidazole rings is 1. The molecular formula is C15H14N6S. The van der Waals surface area contributed by atoms with Gasteiger partial charge in [-0.3, -0.25) is 0 Å². The van der Waals surface area contributed by atoms with E-state index in [-0.39, 0.29) is 0 Å². The number of hydrogen-bond donors (Lipinski definition) is 1. The van der Waals surface area contributed by atoms with Gasteiger partial charge in [-0.05, 0) is 24.1 Å². The number of benzene rings is 1. The highest BCUT2D eigenvalue weighted by atomic mass is 32.1. The van der Waals surface area contributed by atoms with Crippen molar-refractivity contribution in [2.45, 2.75) is 13.3 Å². The maximum absolute atomic E-state index is 4.66. The predicted octanol–water partition coefficient (Wildman–Crippen LogP) is 3.28. The summed E-state index contributed by atoms with van der Waals surface area (Å²) in [6, 6.07) is 6.37. The molecule has 3 aromatic heterocycles. The minimum atomic E-state index is 0.655. The van der Waals surface area contributed by atoms with Crippen LogP contribution in [0.4, 0.5) is 11.1 Å². The van der Waals surface area contributed by atoms with E-state index in [1.165, 1.54) is 16.9 Å². The van der Waals surface area contributed by atoms with Crippen LogP contribution in [0.5, 0.6) is 0 Å². The van der Waals surface area contributed by atoms with E-state index in [2.05, 4.69) is 50.4 Å². The van der Waals surface area contributed by atoms with Gasteiger partial charge in [-0.25, -0.2) is 15.0 Å². The summed E-state index contributed by atoms with van der Waals surface area (Å²) in [5, 5.41) is 4.01. The lowest BCUT2D eigenvalue weighted by molar-refractivity contribution is 0.957. The van der Waals surface area contributed by atoms with Crippen molar-refractivity contribution >= 4 is 43.9 Å². The molecule has 0 saturated heterocycles. The fourth-order valence-electron chi connectivity index (χ4n) is 2.40. The van der Waals surface area contributed by atoms with Crippen LogP contribution in [0.1, 0.15) is 12.5 Å². The van der Waals surface area contributed by atoms with Crippen molar-refractivity contribution in [2.75, 3.05) is 5.32 Å². The Labute approximate surface area is 130 Å². The molecule has 110 valence electrons. The van der Waals surface area contributed by atoms with E-state index in [4.69, 9.17) is 0 Å². The minimum absolute atomic E-state index is 0.655. The van der Waals surface area contributed by atoms with E-state index < -0.39 is 0 Å². The van der Waals surface area contributed by atoms with Crippen LogP contribution in [-0.4, -0.2) is 24.5 Å². The van der Waals surface area contributed by atoms with Gasteiger partial charge in [0.1, 0.15) is 0 Å². The second-order valence-electron chi connectivity index (χ2n) is 5.00. The van der Waals surface area contributed by atoms with Gasteiger partial charge >= 0.3 is 0 Å². The number of fused-ring (bicyclic) bond motifs is 2. The Balaban J connectivity index is 1.75. The summed E-state index contributed by atoms with van der Waals surface area (Å²) in [6.07, 6.45) is 4.32. The number of aryl methyl sites for hydroxylation is 2. The van der Waals surface area contributed by atoms with Crippen molar-refractivity contribution in [3.63, 3.8) is 0 Å². The third kappa shape index (κ3) is 2.10. The quantitative estimate of drug-likeness (QED) is 0.629. The standard InChI is InChI=1S/C15H14N6S/c1-3-9-4-5-11-10(8-9)18-14(21(11)2)20-15-19-12-13(22-15)17-7-6-16-12/h4-8H,3H2,1-2H3,(H,16,18,19,20). The average Bonchev–Trinajstić information content (AvgIpc) is 3.08. The Kier molecular flexibility index (Phi) is 3.00. The molecule has 1 N–H and O–H groups in total. The van der Waals surface area contributed by atoms with Crippen molar-refractivity contribution in [3.05, 3.63) is 36.2 Å². The molecule has 0 radical (unpaired) electrons. The molecule has 1 aromatic carbocycles. The summed E-state index contributed by atoms with van der Waals surface area (Å²) in [5.74, 6) is 0.766. The molecule has 0 amide bonds. The molecule has 22 heavy (non-hydrogen) atoms. The van der Waals surface area contributed by atoms with Crippen LogP contribution in [0.15, 0.2) is 30.6 Å². The molecule has 4 aromatic rings. The van der Waals surface area contributed by atoms with Gasteiger partial charge in [0.15, 0.2) is 15.6 Å². The van der Waals surface area contributed by atoms with Gasteiger partial charge < -0.3 is 9.88 Å². The van der Waals surface area contributed by atoms with Crippen LogP contribution in [0.2, 0.25) is 0 Å². The second kappa shape index (κ2) is 5.03. The van der Waals surface area contributed by atoms with Gasteiger partial charge in [0.05, 0.1) is 11.0 Å². The molecule has 0 atom stereocenters. The summed E-state index contributed by atoms with van der Waals surface area (Å²) in [4.78, 5) is 18.4. The number of nitrogens with one attached hydrogen (secondary N) is 1. The Morgan fingerprint density at radius 1 is 1.18 bits per heavy atom. The first kappa shape index (κ1) is 13.1. The highest BCUT2D eigenvalue weighted by molar-refractivity contribution is 7.21. The average molecular weight is 310 g/mol. The van der Waals surface area contributed by atoms with Crippen LogP contribution >= 0.6 is 11.3 Å². The van der Waals surface area contributed by atoms with Crippen molar-refractivity contribution < 1.29 is 0 Å². The van der Waals surface area contributed by atoms with Gasteiger partial charge in [-0.15, -0.1) is 0 Å². The summed E-state index contributed by atoms with van der Waals surface area (Å²) < 4.78 is 2.03. The highest BCUT2D eigenvalue weighted by Gasteiger charge is 2.11. The van der Waals surface area contributed by atoms with Gasteiger partial charge in [-0.1, -0.05) is 24.3 Å². The normalized spacial score (nSPS) is 11.4. The van der Waals surface area contributed by atoms with Crippen LogP contribution in [0.25, 0.3) is 21.5 Å². The van der Waals surface area contributed by atoms with Crippen LogP contribution in [0, 0.1) is 0 Å². The third-order valence-electron chi connectivity index (χ3n) is 3.62. The van der Waals surface area contributed by atoms with Crippen LogP contribution in [0.3, 0.4) is 0 Å². The van der Waals surface area contributed by atoms with E-state index >= 15 is 0 Å². The van der Waals surface area contributed by atoms with E-state index in [1.54, 1.807) is 12.4 Å². The topological polar surface area (TPSA) is 68.5 Å². The third-order valence-corrected chi connectivity index (χ3v) is 4.49. The molecule has 3 heterocycles. The lowest BCUT2D eigenvalue weighted by Gasteiger charge is -2.02. The number of thiazole rings is 1. The van der Waals surface area contributed by atoms with Crippen LogP contribution < -0.4 is 5.32 Å². The molecular weight excluding hydrogens is 296 g/mol. The zero-order valence-electron chi connectivity index (χ0n) is 12.2. The zero-order chi connectivity index (χ0) is 15.1. The number of rotatable bonds is 3. The lowest BCUT2D eigenvalue weighted by Crippen LogP contribution is -1.98. The first-order chi connectivity index (χ1) is 10.7. The summed E-state index contributed by atoms with van der Waals surface area (Å²) in [6.45, 7) is 2.14. The number of nitrogens with zero attached hydrogens (tertiary/aromatic N) is 5. The molecule has 0 aliphatic rings. The summed E-state index contributed by atoms with van der Waals surface area (Å²) in [5.41, 5.74) is 4.02. The summed E-state index contributed by atoms with van der Waals surface area (Å²) in [7, 11) is 1.99. The Hall–Kier alpha value is -2.54. The van der Waals surface area contributed by atoms with Gasteiger partial charge in [0.2, 0.25) is 5.95 Å². The fourth-order valence-corrected chi connectivity index (χ4v) is 3.16. The Bertz CT molecular complexity index is 938. The van der Waals surface area contributed by atoms with Crippen LogP contribution in [-0.2, 0) is 13.5 Å². The van der Waals surface area contributed by atoms with Gasteiger partial charge in [0, 0.05) is 19.4 Å². The molecule has 6 nitrogen and oxygen atoms in total. The largest absolute Gasteiger partial charge is 0.313 e. The molecule has 4 rings (SSSR count). The molecule has 0 unspecified atom stereocenters. The van der Waals surface area contributed by atoms with Crippen molar-refractivity contribution in [1.82, 2.24) is 24.5 Å². The molecule has 0 saturated carbocycles. The highest BCUT2D eigenvalue weighted by Crippen LogP contribution is 2.27. The number of hydrogen-bond acceptors (Lipinski definition) is 6. The SMILES string of the molecule is CCc1ccc2c(c1)nc(Nc1nc3nccnc3s1)n2C. The second-order valence-corrected chi connectivity index (χ2v) is 5.98. The molecule has 0 bridgehead atoms. The van der Waals surface area contributed by atoms with E-state index in [9.17, 15) is 0 Å². The molecule has 0 spiro atoms. The lowest BCUT2D eigenvalue weighted by atomic mass is 10.1. The minimum Gasteiger partial charge on any atom is -0.313 e. The maximum Gasteiger partial charge on any atom is 0.209 e. The van der Waals surface area contributed by atoms with E-state index in [1.807, 2.05) is 11.6 Å². The van der Waals surface area contributed by atoms with Gasteiger partial charge in [-0.2, -0.15) is 4.98 Å². The Morgan fingerprint density at radius 2 is 2.05 bits per heavy atom. The molecule has 0 fully saturated rings. The predicted molar refractivity (Wildman–Crippen MR) is 88.6 cm³/mol.